The van der Waals surface area contributed by atoms with Crippen LogP contribution < -0.4 is 5.32 Å². The zero-order valence-electron chi connectivity index (χ0n) is 7.96. The molecule has 0 aliphatic heterocycles. The second-order valence-corrected chi connectivity index (χ2v) is 7.13. The molecule has 0 aliphatic rings. The van der Waals surface area contributed by atoms with Gasteiger partial charge in [0.25, 0.3) is 0 Å². The van der Waals surface area contributed by atoms with Crippen LogP contribution in [-0.4, -0.2) is 7.05 Å². The largest absolute Gasteiger partial charge is 0.309 e. The van der Waals surface area contributed by atoms with E-state index < -0.39 is 0 Å². The second kappa shape index (κ2) is 5.10. The van der Waals surface area contributed by atoms with E-state index in [4.69, 9.17) is 0 Å². The minimum Gasteiger partial charge on any atom is -0.309 e. The fourth-order valence-corrected chi connectivity index (χ4v) is 4.54. The smallest absolute Gasteiger partial charge is 0.0702 e. The normalized spacial score (nSPS) is 13.0. The van der Waals surface area contributed by atoms with Gasteiger partial charge in [-0.05, 0) is 62.0 Å². The summed E-state index contributed by atoms with van der Waals surface area (Å²) in [5, 5.41) is 7.63. The summed E-state index contributed by atoms with van der Waals surface area (Å²) < 4.78 is 2.35. The van der Waals surface area contributed by atoms with Crippen LogP contribution in [0.2, 0.25) is 0 Å². The van der Waals surface area contributed by atoms with E-state index in [2.05, 4.69) is 60.1 Å². The summed E-state index contributed by atoms with van der Waals surface area (Å²) in [6.45, 7) is 0. The van der Waals surface area contributed by atoms with E-state index in [1.54, 1.807) is 22.7 Å². The lowest BCUT2D eigenvalue weighted by Crippen LogP contribution is -2.16. The minimum atomic E-state index is 0.280. The molecule has 1 N–H and O–H groups in total. The summed E-state index contributed by atoms with van der Waals surface area (Å²) >= 11 is 10.6. The topological polar surface area (TPSA) is 12.0 Å². The molecule has 1 atom stereocenters. The molecule has 2 rings (SSSR count). The summed E-state index contributed by atoms with van der Waals surface area (Å²) in [5.74, 6) is 0. The molecule has 0 fully saturated rings. The fraction of sp³-hybridized carbons (Fsp3) is 0.200. The first kappa shape index (κ1) is 11.8. The van der Waals surface area contributed by atoms with Gasteiger partial charge in [-0.1, -0.05) is 0 Å². The Morgan fingerprint density at radius 1 is 1.27 bits per heavy atom. The standard InChI is InChI=1S/C10H9Br2NS2/c1-13-10(6-4-14-5-7(6)11)8-2-3-9(12)15-8/h2-5,10,13H,1H3. The number of halogens is 2. The summed E-state index contributed by atoms with van der Waals surface area (Å²) in [7, 11) is 1.99. The molecule has 0 saturated carbocycles. The van der Waals surface area contributed by atoms with E-state index in [0.29, 0.717) is 0 Å². The van der Waals surface area contributed by atoms with Crippen molar-refractivity contribution in [1.29, 1.82) is 0 Å². The highest BCUT2D eigenvalue weighted by Crippen LogP contribution is 2.35. The number of nitrogens with one attached hydrogen (secondary N) is 1. The van der Waals surface area contributed by atoms with Crippen molar-refractivity contribution in [2.24, 2.45) is 0 Å². The van der Waals surface area contributed by atoms with E-state index in [1.807, 2.05) is 7.05 Å². The van der Waals surface area contributed by atoms with Crippen molar-refractivity contribution in [3.05, 3.63) is 41.6 Å². The fourth-order valence-electron chi connectivity index (χ4n) is 1.43. The molecule has 0 saturated heterocycles. The SMILES string of the molecule is CNC(c1ccc(Br)s1)c1cscc1Br. The van der Waals surface area contributed by atoms with Crippen molar-refractivity contribution in [2.45, 2.75) is 6.04 Å². The zero-order valence-corrected chi connectivity index (χ0v) is 12.8. The average molecular weight is 367 g/mol. The first-order valence-corrected chi connectivity index (χ1v) is 7.71. The molecule has 0 bridgehead atoms. The van der Waals surface area contributed by atoms with Crippen LogP contribution in [0.25, 0.3) is 0 Å². The third kappa shape index (κ3) is 2.53. The Balaban J connectivity index is 2.36. The molecule has 0 aliphatic carbocycles. The zero-order chi connectivity index (χ0) is 10.8. The van der Waals surface area contributed by atoms with Crippen LogP contribution >= 0.6 is 54.5 Å². The van der Waals surface area contributed by atoms with E-state index in [-0.39, 0.29) is 6.04 Å². The van der Waals surface area contributed by atoms with E-state index in [1.165, 1.54) is 18.7 Å². The van der Waals surface area contributed by atoms with Gasteiger partial charge in [-0.3, -0.25) is 0 Å². The molecule has 1 unspecified atom stereocenters. The van der Waals surface area contributed by atoms with Crippen molar-refractivity contribution in [3.63, 3.8) is 0 Å². The van der Waals surface area contributed by atoms with Gasteiger partial charge in [0.1, 0.15) is 0 Å². The lowest BCUT2D eigenvalue weighted by atomic mass is 10.1. The molecule has 0 aromatic carbocycles. The Bertz CT molecular complexity index is 450. The molecule has 2 heterocycles. The Morgan fingerprint density at radius 3 is 2.53 bits per heavy atom. The average Bonchev–Trinajstić information content (AvgIpc) is 2.79. The summed E-state index contributed by atoms with van der Waals surface area (Å²) in [5.41, 5.74) is 1.30. The van der Waals surface area contributed by atoms with E-state index in [0.717, 1.165) is 0 Å². The van der Waals surface area contributed by atoms with Gasteiger partial charge >= 0.3 is 0 Å². The Labute approximate surface area is 114 Å². The summed E-state index contributed by atoms with van der Waals surface area (Å²) in [6, 6.07) is 4.52. The molecule has 0 amide bonds. The first-order valence-electron chi connectivity index (χ1n) is 4.36. The molecule has 0 spiro atoms. The van der Waals surface area contributed by atoms with Gasteiger partial charge in [-0.25, -0.2) is 0 Å². The Hall–Kier alpha value is 0.320. The van der Waals surface area contributed by atoms with Gasteiger partial charge in [0.15, 0.2) is 0 Å². The van der Waals surface area contributed by atoms with Crippen molar-refractivity contribution in [1.82, 2.24) is 5.32 Å². The highest BCUT2D eigenvalue weighted by Gasteiger charge is 2.17. The van der Waals surface area contributed by atoms with Crippen molar-refractivity contribution < 1.29 is 0 Å². The maximum atomic E-state index is 3.58. The quantitative estimate of drug-likeness (QED) is 0.833. The van der Waals surface area contributed by atoms with Gasteiger partial charge < -0.3 is 5.32 Å². The maximum Gasteiger partial charge on any atom is 0.0702 e. The Kier molecular flexibility index (Phi) is 4.01. The second-order valence-electron chi connectivity index (χ2n) is 3.04. The number of hydrogen-bond donors (Lipinski definition) is 1. The summed E-state index contributed by atoms with van der Waals surface area (Å²) in [4.78, 5) is 1.32. The van der Waals surface area contributed by atoms with E-state index >= 15 is 0 Å². The predicted octanol–water partition coefficient (Wildman–Crippen LogP) is 4.64. The van der Waals surface area contributed by atoms with Gasteiger partial charge in [0.2, 0.25) is 0 Å². The maximum absolute atomic E-state index is 3.58. The van der Waals surface area contributed by atoms with Crippen LogP contribution in [0, 0.1) is 0 Å². The molecular formula is C10H9Br2NS2. The highest BCUT2D eigenvalue weighted by atomic mass is 79.9. The molecular weight excluding hydrogens is 358 g/mol. The number of thiophene rings is 2. The lowest BCUT2D eigenvalue weighted by Gasteiger charge is -2.13. The highest BCUT2D eigenvalue weighted by molar-refractivity contribution is 9.11. The predicted molar refractivity (Wildman–Crippen MR) is 74.9 cm³/mol. The monoisotopic (exact) mass is 365 g/mol. The molecule has 2 aromatic rings. The van der Waals surface area contributed by atoms with Crippen molar-refractivity contribution in [3.8, 4) is 0 Å². The summed E-state index contributed by atoms with van der Waals surface area (Å²) in [6.07, 6.45) is 0. The molecule has 1 nitrogen and oxygen atoms in total. The number of hydrogen-bond acceptors (Lipinski definition) is 3. The van der Waals surface area contributed by atoms with Crippen LogP contribution in [0.5, 0.6) is 0 Å². The molecule has 15 heavy (non-hydrogen) atoms. The third-order valence-corrected chi connectivity index (χ3v) is 5.56. The molecule has 80 valence electrons. The first-order chi connectivity index (χ1) is 7.22. The third-order valence-electron chi connectivity index (χ3n) is 2.12. The minimum absolute atomic E-state index is 0.280. The van der Waals surface area contributed by atoms with Gasteiger partial charge in [-0.15, -0.1) is 11.3 Å². The number of rotatable bonds is 3. The van der Waals surface area contributed by atoms with Crippen LogP contribution in [-0.2, 0) is 0 Å². The van der Waals surface area contributed by atoms with Gasteiger partial charge in [-0.2, -0.15) is 11.3 Å². The van der Waals surface area contributed by atoms with Gasteiger partial charge in [0, 0.05) is 14.7 Å². The lowest BCUT2D eigenvalue weighted by molar-refractivity contribution is 0.704. The van der Waals surface area contributed by atoms with Crippen LogP contribution in [0.15, 0.2) is 31.2 Å². The molecule has 5 heteroatoms. The van der Waals surface area contributed by atoms with Crippen LogP contribution in [0.4, 0.5) is 0 Å². The van der Waals surface area contributed by atoms with Gasteiger partial charge in [0.05, 0.1) is 9.83 Å². The van der Waals surface area contributed by atoms with Crippen LogP contribution in [0.1, 0.15) is 16.5 Å². The van der Waals surface area contributed by atoms with Crippen molar-refractivity contribution in [2.75, 3.05) is 7.05 Å². The van der Waals surface area contributed by atoms with Crippen molar-refractivity contribution >= 4 is 54.5 Å². The molecule has 2 aromatic heterocycles. The van der Waals surface area contributed by atoms with Crippen LogP contribution in [0.3, 0.4) is 0 Å². The van der Waals surface area contributed by atoms with E-state index in [9.17, 15) is 0 Å². The molecule has 0 radical (unpaired) electrons. The Morgan fingerprint density at radius 2 is 2.07 bits per heavy atom.